The van der Waals surface area contributed by atoms with Crippen molar-refractivity contribution in [2.75, 3.05) is 13.7 Å². The van der Waals surface area contributed by atoms with E-state index in [-0.39, 0.29) is 11.4 Å². The highest BCUT2D eigenvalue weighted by molar-refractivity contribution is 5.36. The minimum absolute atomic E-state index is 0.201. The predicted octanol–water partition coefficient (Wildman–Crippen LogP) is 3.99. The van der Waals surface area contributed by atoms with Crippen LogP contribution in [-0.4, -0.2) is 13.7 Å². The third-order valence-electron chi connectivity index (χ3n) is 4.12. The summed E-state index contributed by atoms with van der Waals surface area (Å²) in [7, 11) is 1.52. The molecule has 0 radical (unpaired) electrons. The van der Waals surface area contributed by atoms with Crippen LogP contribution < -0.4 is 10.1 Å². The van der Waals surface area contributed by atoms with Crippen molar-refractivity contribution in [3.05, 3.63) is 29.6 Å². The maximum absolute atomic E-state index is 14.6. The molecule has 0 spiro atoms. The van der Waals surface area contributed by atoms with E-state index in [1.165, 1.54) is 20.0 Å². The molecule has 106 valence electrons. The van der Waals surface area contributed by atoms with Gasteiger partial charge in [0.1, 0.15) is 0 Å². The summed E-state index contributed by atoms with van der Waals surface area (Å²) in [6.45, 7) is 3.13. The Kier molecular flexibility index (Phi) is 4.81. The molecule has 3 heteroatoms. The molecular formula is C16H24FNO. The molecule has 1 saturated heterocycles. The van der Waals surface area contributed by atoms with Crippen molar-refractivity contribution in [1.82, 2.24) is 5.32 Å². The summed E-state index contributed by atoms with van der Waals surface area (Å²) in [6.07, 6.45) is 6.58. The van der Waals surface area contributed by atoms with Crippen molar-refractivity contribution in [3.8, 4) is 5.75 Å². The lowest BCUT2D eigenvalue weighted by Crippen LogP contribution is -2.42. The van der Waals surface area contributed by atoms with Crippen molar-refractivity contribution in [1.29, 1.82) is 0 Å². The molecule has 1 aliphatic heterocycles. The Morgan fingerprint density at radius 2 is 2.16 bits per heavy atom. The molecule has 1 aromatic carbocycles. The smallest absolute Gasteiger partial charge is 0.170 e. The topological polar surface area (TPSA) is 21.3 Å². The molecule has 1 atom stereocenters. The molecule has 1 N–H and O–H groups in total. The van der Waals surface area contributed by atoms with Crippen LogP contribution in [-0.2, 0) is 5.54 Å². The number of methoxy groups -OCH3 is 1. The number of hydrogen-bond acceptors (Lipinski definition) is 2. The van der Waals surface area contributed by atoms with E-state index in [1.54, 1.807) is 6.07 Å². The highest BCUT2D eigenvalue weighted by Gasteiger charge is 2.34. The number of benzene rings is 1. The normalized spacial score (nSPS) is 23.9. The summed E-state index contributed by atoms with van der Waals surface area (Å²) in [5.74, 6) is 0.145. The highest BCUT2D eigenvalue weighted by atomic mass is 19.1. The Balaban J connectivity index is 2.42. The summed E-state index contributed by atoms with van der Waals surface area (Å²) in [5.41, 5.74) is 0.555. The zero-order valence-corrected chi connectivity index (χ0v) is 12.0. The first-order valence-electron chi connectivity index (χ1n) is 7.31. The van der Waals surface area contributed by atoms with E-state index < -0.39 is 0 Å². The maximum Gasteiger partial charge on any atom is 0.170 e. The summed E-state index contributed by atoms with van der Waals surface area (Å²) < 4.78 is 19.7. The van der Waals surface area contributed by atoms with Crippen LogP contribution in [0.25, 0.3) is 0 Å². The monoisotopic (exact) mass is 265 g/mol. The van der Waals surface area contributed by atoms with Gasteiger partial charge in [0.2, 0.25) is 0 Å². The average Bonchev–Trinajstić information content (AvgIpc) is 2.66. The molecule has 0 aromatic heterocycles. The lowest BCUT2D eigenvalue weighted by molar-refractivity contribution is 0.281. The van der Waals surface area contributed by atoms with Crippen LogP contribution in [0.4, 0.5) is 4.39 Å². The first-order valence-corrected chi connectivity index (χ1v) is 7.31. The first-order chi connectivity index (χ1) is 9.23. The largest absolute Gasteiger partial charge is 0.494 e. The fourth-order valence-corrected chi connectivity index (χ4v) is 3.19. The Bertz CT molecular complexity index is 411. The van der Waals surface area contributed by atoms with Gasteiger partial charge in [-0.15, -0.1) is 0 Å². The molecule has 1 heterocycles. The second-order valence-corrected chi connectivity index (χ2v) is 5.39. The second-order valence-electron chi connectivity index (χ2n) is 5.39. The SMILES string of the molecule is CCCC1(c2cccc(OC)c2F)CCCCCN1. The Morgan fingerprint density at radius 3 is 2.89 bits per heavy atom. The molecule has 0 bridgehead atoms. The average molecular weight is 265 g/mol. The van der Waals surface area contributed by atoms with Crippen molar-refractivity contribution in [3.63, 3.8) is 0 Å². The van der Waals surface area contributed by atoms with Gasteiger partial charge >= 0.3 is 0 Å². The molecule has 1 aromatic rings. The lowest BCUT2D eigenvalue weighted by atomic mass is 9.81. The Morgan fingerprint density at radius 1 is 1.32 bits per heavy atom. The molecule has 0 aliphatic carbocycles. The van der Waals surface area contributed by atoms with Gasteiger partial charge in [0.05, 0.1) is 7.11 Å². The number of ether oxygens (including phenoxy) is 1. The van der Waals surface area contributed by atoms with Crippen molar-refractivity contribution >= 4 is 0 Å². The van der Waals surface area contributed by atoms with Crippen LogP contribution in [0.2, 0.25) is 0 Å². The van der Waals surface area contributed by atoms with Gasteiger partial charge in [-0.3, -0.25) is 0 Å². The van der Waals surface area contributed by atoms with Crippen LogP contribution in [0, 0.1) is 5.82 Å². The van der Waals surface area contributed by atoms with Gasteiger partial charge in [-0.2, -0.15) is 0 Å². The second kappa shape index (κ2) is 6.38. The summed E-state index contributed by atoms with van der Waals surface area (Å²) >= 11 is 0. The van der Waals surface area contributed by atoms with E-state index in [0.29, 0.717) is 5.75 Å². The third kappa shape index (κ3) is 2.92. The van der Waals surface area contributed by atoms with Crippen LogP contribution in [0.1, 0.15) is 51.0 Å². The fraction of sp³-hybridized carbons (Fsp3) is 0.625. The van der Waals surface area contributed by atoms with Crippen LogP contribution >= 0.6 is 0 Å². The molecule has 1 fully saturated rings. The van der Waals surface area contributed by atoms with Gasteiger partial charge in [0.15, 0.2) is 11.6 Å². The van der Waals surface area contributed by atoms with Crippen LogP contribution in [0.3, 0.4) is 0 Å². The molecule has 2 rings (SSSR count). The Hall–Kier alpha value is -1.09. The predicted molar refractivity (Wildman–Crippen MR) is 76.0 cm³/mol. The molecule has 2 nitrogen and oxygen atoms in total. The highest BCUT2D eigenvalue weighted by Crippen LogP contribution is 2.37. The van der Waals surface area contributed by atoms with Gasteiger partial charge in [0.25, 0.3) is 0 Å². The molecule has 19 heavy (non-hydrogen) atoms. The number of halogens is 1. The van der Waals surface area contributed by atoms with E-state index in [1.807, 2.05) is 12.1 Å². The summed E-state index contributed by atoms with van der Waals surface area (Å²) in [4.78, 5) is 0. The van der Waals surface area contributed by atoms with Crippen molar-refractivity contribution < 1.29 is 9.13 Å². The van der Waals surface area contributed by atoms with Gasteiger partial charge in [-0.1, -0.05) is 38.3 Å². The van der Waals surface area contributed by atoms with Crippen LogP contribution in [0.5, 0.6) is 5.75 Å². The molecule has 0 saturated carbocycles. The van der Waals surface area contributed by atoms with E-state index in [0.717, 1.165) is 37.8 Å². The Labute approximate surface area is 115 Å². The lowest BCUT2D eigenvalue weighted by Gasteiger charge is -2.35. The fourth-order valence-electron chi connectivity index (χ4n) is 3.19. The molecule has 0 amide bonds. The van der Waals surface area contributed by atoms with E-state index >= 15 is 0 Å². The molecular weight excluding hydrogens is 241 g/mol. The van der Waals surface area contributed by atoms with E-state index in [9.17, 15) is 4.39 Å². The number of rotatable bonds is 4. The third-order valence-corrected chi connectivity index (χ3v) is 4.12. The van der Waals surface area contributed by atoms with Gasteiger partial charge in [-0.05, 0) is 31.9 Å². The molecule has 1 unspecified atom stereocenters. The summed E-state index contributed by atoms with van der Waals surface area (Å²) in [6, 6.07) is 5.49. The molecule has 1 aliphatic rings. The van der Waals surface area contributed by atoms with Gasteiger partial charge < -0.3 is 10.1 Å². The zero-order chi connectivity index (χ0) is 13.7. The van der Waals surface area contributed by atoms with E-state index in [2.05, 4.69) is 12.2 Å². The quantitative estimate of drug-likeness (QED) is 0.888. The van der Waals surface area contributed by atoms with Gasteiger partial charge in [0, 0.05) is 11.1 Å². The maximum atomic E-state index is 14.6. The van der Waals surface area contributed by atoms with Gasteiger partial charge in [-0.25, -0.2) is 4.39 Å². The van der Waals surface area contributed by atoms with Crippen LogP contribution in [0.15, 0.2) is 18.2 Å². The minimum Gasteiger partial charge on any atom is -0.494 e. The van der Waals surface area contributed by atoms with E-state index in [4.69, 9.17) is 4.74 Å². The zero-order valence-electron chi connectivity index (χ0n) is 12.0. The van der Waals surface area contributed by atoms with Crippen molar-refractivity contribution in [2.45, 2.75) is 51.0 Å². The number of hydrogen-bond donors (Lipinski definition) is 1. The standard InChI is InChI=1S/C16H24FNO/c1-3-10-16(11-5-4-6-12-18-16)13-8-7-9-14(19-2)15(13)17/h7-9,18H,3-6,10-12H2,1-2H3. The first kappa shape index (κ1) is 14.3. The minimum atomic E-state index is -0.218. The summed E-state index contributed by atoms with van der Waals surface area (Å²) in [5, 5.41) is 3.61. The number of nitrogens with one attached hydrogen (secondary N) is 1. The van der Waals surface area contributed by atoms with Crippen molar-refractivity contribution in [2.24, 2.45) is 0 Å².